The second kappa shape index (κ2) is 4.99. The molecular formula is C4H11NO3. The highest BCUT2D eigenvalue weighted by molar-refractivity contribution is 4.37. The van der Waals surface area contributed by atoms with Gasteiger partial charge in [-0.2, -0.15) is 0 Å². The zero-order valence-electron chi connectivity index (χ0n) is 4.58. The Balaban J connectivity index is 2.72. The average Bonchev–Trinajstić information content (AvgIpc) is 1.66. The Hall–Kier alpha value is -0.160. The maximum absolute atomic E-state index is 8.35. The number of ether oxygens (including phenoxy) is 1. The molecular weight excluding hydrogens is 110 g/mol. The van der Waals surface area contributed by atoms with Gasteiger partial charge < -0.3 is 20.7 Å². The number of rotatable bonds is 4. The van der Waals surface area contributed by atoms with E-state index in [9.17, 15) is 0 Å². The van der Waals surface area contributed by atoms with Crippen LogP contribution < -0.4 is 5.73 Å². The lowest BCUT2D eigenvalue weighted by Gasteiger charge is -2.02. The Morgan fingerprint density at radius 1 is 1.62 bits per heavy atom. The summed E-state index contributed by atoms with van der Waals surface area (Å²) < 4.78 is 4.62. The van der Waals surface area contributed by atoms with Crippen LogP contribution in [0.25, 0.3) is 0 Å². The van der Waals surface area contributed by atoms with Gasteiger partial charge in [-0.15, -0.1) is 0 Å². The van der Waals surface area contributed by atoms with Gasteiger partial charge in [0.2, 0.25) is 0 Å². The average molecular weight is 121 g/mol. The van der Waals surface area contributed by atoms with E-state index >= 15 is 0 Å². The predicted molar refractivity (Wildman–Crippen MR) is 28.1 cm³/mol. The molecule has 1 unspecified atom stereocenters. The van der Waals surface area contributed by atoms with Gasteiger partial charge in [-0.05, 0) is 0 Å². The Bertz CT molecular complexity index is 48.5. The van der Waals surface area contributed by atoms with Crippen LogP contribution in [0.3, 0.4) is 0 Å². The molecule has 0 bridgehead atoms. The van der Waals surface area contributed by atoms with Crippen LogP contribution in [0.4, 0.5) is 0 Å². The molecule has 0 saturated carbocycles. The van der Waals surface area contributed by atoms with Crippen molar-refractivity contribution in [3.05, 3.63) is 0 Å². The summed E-state index contributed by atoms with van der Waals surface area (Å²) in [6, 6.07) is 0. The van der Waals surface area contributed by atoms with E-state index in [0.29, 0.717) is 0 Å². The number of nitrogens with two attached hydrogens (primary N) is 1. The molecule has 4 N–H and O–H groups in total. The largest absolute Gasteiger partial charge is 0.394 e. The molecule has 0 amide bonds. The van der Waals surface area contributed by atoms with E-state index in [1.807, 2.05) is 0 Å². The molecule has 50 valence electrons. The summed E-state index contributed by atoms with van der Waals surface area (Å²) in [4.78, 5) is 0. The number of aliphatic hydroxyl groups excluding tert-OH is 2. The first kappa shape index (κ1) is 7.84. The molecule has 0 aliphatic rings. The van der Waals surface area contributed by atoms with Gasteiger partial charge in [0.25, 0.3) is 0 Å². The van der Waals surface area contributed by atoms with Crippen molar-refractivity contribution in [3.63, 3.8) is 0 Å². The molecule has 0 rings (SSSR count). The minimum atomic E-state index is -0.929. The van der Waals surface area contributed by atoms with E-state index in [2.05, 4.69) is 4.74 Å². The molecule has 0 aliphatic heterocycles. The van der Waals surface area contributed by atoms with Crippen molar-refractivity contribution >= 4 is 0 Å². The molecule has 0 heterocycles. The molecule has 0 radical (unpaired) electrons. The van der Waals surface area contributed by atoms with Crippen molar-refractivity contribution in [2.24, 2.45) is 5.73 Å². The van der Waals surface area contributed by atoms with E-state index in [4.69, 9.17) is 15.9 Å². The summed E-state index contributed by atoms with van der Waals surface area (Å²) in [7, 11) is 0. The molecule has 0 fully saturated rings. The smallest absolute Gasteiger partial charge is 0.126 e. The fourth-order valence-corrected chi connectivity index (χ4v) is 0.269. The molecule has 0 spiro atoms. The van der Waals surface area contributed by atoms with Crippen LogP contribution in [-0.2, 0) is 4.74 Å². The van der Waals surface area contributed by atoms with Crippen molar-refractivity contribution in [2.45, 2.75) is 6.23 Å². The molecule has 0 saturated heterocycles. The predicted octanol–water partition coefficient (Wildman–Crippen LogP) is -1.73. The lowest BCUT2D eigenvalue weighted by atomic mass is 10.6. The van der Waals surface area contributed by atoms with Gasteiger partial charge in [-0.1, -0.05) is 0 Å². The topological polar surface area (TPSA) is 75.7 Å². The van der Waals surface area contributed by atoms with Crippen LogP contribution in [0.15, 0.2) is 0 Å². The van der Waals surface area contributed by atoms with Gasteiger partial charge in [0.1, 0.15) is 6.23 Å². The highest BCUT2D eigenvalue weighted by Gasteiger charge is 1.92. The van der Waals surface area contributed by atoms with Crippen LogP contribution in [0.5, 0.6) is 0 Å². The van der Waals surface area contributed by atoms with Gasteiger partial charge in [-0.25, -0.2) is 0 Å². The molecule has 4 heteroatoms. The summed E-state index contributed by atoms with van der Waals surface area (Å²) in [6.45, 7) is 0.279. The Morgan fingerprint density at radius 3 is 2.62 bits per heavy atom. The second-order valence-corrected chi connectivity index (χ2v) is 1.37. The van der Waals surface area contributed by atoms with Gasteiger partial charge in [0.15, 0.2) is 0 Å². The van der Waals surface area contributed by atoms with E-state index < -0.39 is 6.23 Å². The quantitative estimate of drug-likeness (QED) is 0.305. The first-order valence-electron chi connectivity index (χ1n) is 2.39. The fraction of sp³-hybridized carbons (Fsp3) is 1.00. The third-order valence-electron chi connectivity index (χ3n) is 0.524. The van der Waals surface area contributed by atoms with Crippen LogP contribution in [-0.4, -0.2) is 36.3 Å². The monoisotopic (exact) mass is 121 g/mol. The Labute approximate surface area is 47.9 Å². The van der Waals surface area contributed by atoms with Gasteiger partial charge in [0.05, 0.1) is 19.8 Å². The van der Waals surface area contributed by atoms with Crippen molar-refractivity contribution in [1.82, 2.24) is 0 Å². The van der Waals surface area contributed by atoms with Crippen molar-refractivity contribution in [1.29, 1.82) is 0 Å². The van der Waals surface area contributed by atoms with Crippen LogP contribution in [0.2, 0.25) is 0 Å². The summed E-state index contributed by atoms with van der Waals surface area (Å²) in [6.07, 6.45) is -0.929. The molecule has 0 aromatic carbocycles. The molecule has 0 aromatic heterocycles. The third kappa shape index (κ3) is 5.84. The van der Waals surface area contributed by atoms with Gasteiger partial charge in [-0.3, -0.25) is 0 Å². The summed E-state index contributed by atoms with van der Waals surface area (Å²) in [5.41, 5.74) is 4.88. The molecule has 0 aliphatic carbocycles. The summed E-state index contributed by atoms with van der Waals surface area (Å²) >= 11 is 0. The number of hydrogen-bond acceptors (Lipinski definition) is 4. The fourth-order valence-electron chi connectivity index (χ4n) is 0.269. The number of hydrogen-bond donors (Lipinski definition) is 3. The second-order valence-electron chi connectivity index (χ2n) is 1.37. The third-order valence-corrected chi connectivity index (χ3v) is 0.524. The summed E-state index contributed by atoms with van der Waals surface area (Å²) in [5.74, 6) is 0. The van der Waals surface area contributed by atoms with E-state index in [-0.39, 0.29) is 19.8 Å². The first-order chi connectivity index (χ1) is 3.77. The highest BCUT2D eigenvalue weighted by Crippen LogP contribution is 1.74. The number of aliphatic hydroxyl groups is 2. The maximum atomic E-state index is 8.35. The van der Waals surface area contributed by atoms with E-state index in [1.54, 1.807) is 0 Å². The van der Waals surface area contributed by atoms with Gasteiger partial charge in [0, 0.05) is 0 Å². The SMILES string of the molecule is NC(O)COCCO. The molecule has 4 nitrogen and oxygen atoms in total. The van der Waals surface area contributed by atoms with E-state index in [0.717, 1.165) is 0 Å². The van der Waals surface area contributed by atoms with Crippen LogP contribution in [0, 0.1) is 0 Å². The standard InChI is InChI=1S/C4H11NO3/c5-4(7)3-8-2-1-6/h4,6-7H,1-3,5H2. The van der Waals surface area contributed by atoms with Gasteiger partial charge >= 0.3 is 0 Å². The lowest BCUT2D eigenvalue weighted by Crippen LogP contribution is -2.25. The molecule has 0 aromatic rings. The van der Waals surface area contributed by atoms with Crippen LogP contribution >= 0.6 is 0 Å². The maximum Gasteiger partial charge on any atom is 0.126 e. The van der Waals surface area contributed by atoms with Crippen molar-refractivity contribution < 1.29 is 14.9 Å². The minimum absolute atomic E-state index is 0.0350. The molecule has 8 heavy (non-hydrogen) atoms. The van der Waals surface area contributed by atoms with Crippen LogP contribution in [0.1, 0.15) is 0 Å². The first-order valence-corrected chi connectivity index (χ1v) is 2.39. The zero-order valence-corrected chi connectivity index (χ0v) is 4.58. The lowest BCUT2D eigenvalue weighted by molar-refractivity contribution is 0.0243. The highest BCUT2D eigenvalue weighted by atomic mass is 16.5. The normalized spacial score (nSPS) is 13.9. The Kier molecular flexibility index (Phi) is 4.89. The Morgan fingerprint density at radius 2 is 2.25 bits per heavy atom. The minimum Gasteiger partial charge on any atom is -0.394 e. The van der Waals surface area contributed by atoms with Crippen molar-refractivity contribution in [2.75, 3.05) is 19.8 Å². The molecule has 1 atom stereocenters. The zero-order chi connectivity index (χ0) is 6.41. The summed E-state index contributed by atoms with van der Waals surface area (Å²) in [5, 5.41) is 16.5. The van der Waals surface area contributed by atoms with E-state index in [1.165, 1.54) is 0 Å². The van der Waals surface area contributed by atoms with Crippen molar-refractivity contribution in [3.8, 4) is 0 Å².